The summed E-state index contributed by atoms with van der Waals surface area (Å²) in [6.45, 7) is 3.12. The fraction of sp³-hybridized carbons (Fsp3) is 0.562. The van der Waals surface area contributed by atoms with Crippen molar-refractivity contribution in [2.24, 2.45) is 11.8 Å². The van der Waals surface area contributed by atoms with E-state index in [2.05, 4.69) is 11.6 Å². The van der Waals surface area contributed by atoms with Crippen molar-refractivity contribution in [3.63, 3.8) is 0 Å². The van der Waals surface area contributed by atoms with Crippen LogP contribution >= 0.6 is 0 Å². The molecule has 2 aliphatic rings. The Morgan fingerprint density at radius 2 is 2.13 bits per heavy atom. The number of hydrogen-bond donors (Lipinski definition) is 1. The number of rotatable bonds is 4. The van der Waals surface area contributed by atoms with Gasteiger partial charge in [-0.1, -0.05) is 13.0 Å². The van der Waals surface area contributed by atoms with Gasteiger partial charge in [0.25, 0.3) is 0 Å². The summed E-state index contributed by atoms with van der Waals surface area (Å²) in [7, 11) is -3.77. The van der Waals surface area contributed by atoms with E-state index in [9.17, 15) is 17.6 Å². The second-order valence-electron chi connectivity index (χ2n) is 6.52. The van der Waals surface area contributed by atoms with Gasteiger partial charge in [0.2, 0.25) is 15.9 Å². The van der Waals surface area contributed by atoms with Crippen LogP contribution in [0.1, 0.15) is 26.2 Å². The molecule has 1 heterocycles. The molecule has 0 aromatic heterocycles. The molecule has 1 saturated heterocycles. The number of likely N-dealkylation sites (tertiary alicyclic amines) is 1. The highest BCUT2D eigenvalue weighted by atomic mass is 32.2. The number of halogens is 1. The molecule has 3 rings (SSSR count). The average molecular weight is 340 g/mol. The van der Waals surface area contributed by atoms with Crippen LogP contribution in [0.15, 0.2) is 29.2 Å². The van der Waals surface area contributed by atoms with Crippen LogP contribution in [-0.2, 0) is 14.8 Å². The molecule has 7 heteroatoms. The van der Waals surface area contributed by atoms with E-state index in [0.29, 0.717) is 25.4 Å². The van der Waals surface area contributed by atoms with E-state index in [1.807, 2.05) is 0 Å². The number of benzene rings is 1. The number of hydrogen-bond acceptors (Lipinski definition) is 3. The summed E-state index contributed by atoms with van der Waals surface area (Å²) in [4.78, 5) is 14.0. The normalized spacial score (nSPS) is 27.7. The maximum absolute atomic E-state index is 13.2. The van der Waals surface area contributed by atoms with E-state index in [-0.39, 0.29) is 22.8 Å². The molecule has 3 atom stereocenters. The standard InChI is InChI=1S/C16H21FN2O3S/c1-11-8-15(11)16(20)19-7-3-5-13(10-19)18-23(21,22)14-6-2-4-12(17)9-14/h2,4,6,9,11,13,15,18H,3,5,7-8,10H2,1H3/t11-,13+,15+/m1/s1. The second kappa shape index (κ2) is 6.20. The second-order valence-corrected chi connectivity index (χ2v) is 8.24. The van der Waals surface area contributed by atoms with Gasteiger partial charge < -0.3 is 4.90 Å². The van der Waals surface area contributed by atoms with Crippen LogP contribution < -0.4 is 4.72 Å². The summed E-state index contributed by atoms with van der Waals surface area (Å²) in [5.74, 6) is 0.0867. The molecule has 0 spiro atoms. The summed E-state index contributed by atoms with van der Waals surface area (Å²) in [6, 6.07) is 4.62. The predicted molar refractivity (Wildman–Crippen MR) is 83.6 cm³/mol. The molecule has 0 radical (unpaired) electrons. The highest BCUT2D eigenvalue weighted by molar-refractivity contribution is 7.89. The van der Waals surface area contributed by atoms with Gasteiger partial charge in [0, 0.05) is 25.0 Å². The maximum Gasteiger partial charge on any atom is 0.240 e. The van der Waals surface area contributed by atoms with E-state index in [1.165, 1.54) is 18.2 Å². The first-order chi connectivity index (χ1) is 10.9. The Hall–Kier alpha value is -1.47. The minimum atomic E-state index is -3.77. The third kappa shape index (κ3) is 3.72. The smallest absolute Gasteiger partial charge is 0.240 e. The number of carbonyl (C=O) groups is 1. The predicted octanol–water partition coefficient (Wildman–Crippen LogP) is 1.75. The molecule has 5 nitrogen and oxygen atoms in total. The van der Waals surface area contributed by atoms with E-state index in [4.69, 9.17) is 0 Å². The molecule has 0 bridgehead atoms. The fourth-order valence-electron chi connectivity index (χ4n) is 3.10. The van der Waals surface area contributed by atoms with E-state index in [0.717, 1.165) is 18.9 Å². The molecule has 1 amide bonds. The minimum absolute atomic E-state index is 0.0863. The van der Waals surface area contributed by atoms with Gasteiger partial charge in [-0.25, -0.2) is 17.5 Å². The van der Waals surface area contributed by atoms with Gasteiger partial charge in [0.1, 0.15) is 5.82 Å². The van der Waals surface area contributed by atoms with Crippen molar-refractivity contribution in [3.05, 3.63) is 30.1 Å². The minimum Gasteiger partial charge on any atom is -0.341 e. The van der Waals surface area contributed by atoms with Crippen molar-refractivity contribution in [2.45, 2.75) is 37.1 Å². The Bertz CT molecular complexity index is 707. The van der Waals surface area contributed by atoms with Crippen LogP contribution in [0, 0.1) is 17.7 Å². The van der Waals surface area contributed by atoms with Gasteiger partial charge in [-0.2, -0.15) is 0 Å². The molecular formula is C16H21FN2O3S. The topological polar surface area (TPSA) is 66.5 Å². The van der Waals surface area contributed by atoms with Gasteiger partial charge in [-0.05, 0) is 43.4 Å². The van der Waals surface area contributed by atoms with Crippen molar-refractivity contribution in [1.82, 2.24) is 9.62 Å². The Morgan fingerprint density at radius 1 is 1.39 bits per heavy atom. The first-order valence-electron chi connectivity index (χ1n) is 7.93. The van der Waals surface area contributed by atoms with Gasteiger partial charge >= 0.3 is 0 Å². The number of piperidine rings is 1. The monoisotopic (exact) mass is 340 g/mol. The van der Waals surface area contributed by atoms with Crippen molar-refractivity contribution in [2.75, 3.05) is 13.1 Å². The van der Waals surface area contributed by atoms with Crippen molar-refractivity contribution in [1.29, 1.82) is 0 Å². The fourth-order valence-corrected chi connectivity index (χ4v) is 4.39. The Morgan fingerprint density at radius 3 is 2.78 bits per heavy atom. The van der Waals surface area contributed by atoms with Crippen molar-refractivity contribution < 1.29 is 17.6 Å². The molecule has 1 N–H and O–H groups in total. The summed E-state index contributed by atoms with van der Waals surface area (Å²) >= 11 is 0. The van der Waals surface area contributed by atoms with Gasteiger partial charge in [0.15, 0.2) is 0 Å². The van der Waals surface area contributed by atoms with E-state index >= 15 is 0 Å². The van der Waals surface area contributed by atoms with Crippen LogP contribution in [0.25, 0.3) is 0 Å². The van der Waals surface area contributed by atoms with Gasteiger partial charge in [-0.15, -0.1) is 0 Å². The number of nitrogens with one attached hydrogen (secondary N) is 1. The number of amides is 1. The third-order valence-electron chi connectivity index (χ3n) is 4.59. The van der Waals surface area contributed by atoms with Crippen molar-refractivity contribution >= 4 is 15.9 Å². The summed E-state index contributed by atoms with van der Waals surface area (Å²) in [6.07, 6.45) is 2.37. The average Bonchev–Trinajstić information content (AvgIpc) is 3.23. The molecule has 23 heavy (non-hydrogen) atoms. The highest BCUT2D eigenvalue weighted by Gasteiger charge is 2.42. The molecule has 1 aliphatic carbocycles. The Balaban J connectivity index is 1.66. The largest absolute Gasteiger partial charge is 0.341 e. The van der Waals surface area contributed by atoms with Gasteiger partial charge in [-0.3, -0.25) is 4.79 Å². The first-order valence-corrected chi connectivity index (χ1v) is 9.42. The lowest BCUT2D eigenvalue weighted by Gasteiger charge is -2.33. The maximum atomic E-state index is 13.2. The molecule has 1 saturated carbocycles. The van der Waals surface area contributed by atoms with Crippen LogP contribution in [0.4, 0.5) is 4.39 Å². The van der Waals surface area contributed by atoms with Crippen LogP contribution in [-0.4, -0.2) is 38.4 Å². The van der Waals surface area contributed by atoms with Gasteiger partial charge in [0.05, 0.1) is 4.90 Å². The molecule has 126 valence electrons. The number of sulfonamides is 1. The molecular weight excluding hydrogens is 319 g/mol. The third-order valence-corrected chi connectivity index (χ3v) is 6.11. The Kier molecular flexibility index (Phi) is 4.42. The summed E-state index contributed by atoms with van der Waals surface area (Å²) < 4.78 is 40.5. The lowest BCUT2D eigenvalue weighted by atomic mass is 10.1. The Labute approximate surface area is 135 Å². The van der Waals surface area contributed by atoms with E-state index < -0.39 is 15.8 Å². The molecule has 1 aromatic rings. The zero-order valence-corrected chi connectivity index (χ0v) is 13.9. The quantitative estimate of drug-likeness (QED) is 0.908. The molecule has 1 aliphatic heterocycles. The molecule has 2 fully saturated rings. The zero-order valence-electron chi connectivity index (χ0n) is 13.0. The SMILES string of the molecule is C[C@@H]1C[C@@H]1C(=O)N1CCC[C@H](NS(=O)(=O)c2cccc(F)c2)C1. The lowest BCUT2D eigenvalue weighted by Crippen LogP contribution is -2.50. The molecule has 1 aromatic carbocycles. The van der Waals surface area contributed by atoms with Crippen molar-refractivity contribution in [3.8, 4) is 0 Å². The van der Waals surface area contributed by atoms with Crippen LogP contribution in [0.5, 0.6) is 0 Å². The molecule has 0 unspecified atom stereocenters. The number of carbonyl (C=O) groups excluding carboxylic acids is 1. The van der Waals surface area contributed by atoms with E-state index in [1.54, 1.807) is 4.90 Å². The number of nitrogens with zero attached hydrogens (tertiary/aromatic N) is 1. The summed E-state index contributed by atoms with van der Waals surface area (Å²) in [5, 5.41) is 0. The zero-order chi connectivity index (χ0) is 16.6. The summed E-state index contributed by atoms with van der Waals surface area (Å²) in [5.41, 5.74) is 0. The van der Waals surface area contributed by atoms with Crippen LogP contribution in [0.3, 0.4) is 0 Å². The van der Waals surface area contributed by atoms with Crippen LogP contribution in [0.2, 0.25) is 0 Å². The lowest BCUT2D eigenvalue weighted by molar-refractivity contribution is -0.134. The highest BCUT2D eigenvalue weighted by Crippen LogP contribution is 2.39. The first kappa shape index (κ1) is 16.4.